The predicted octanol–water partition coefficient (Wildman–Crippen LogP) is 2.24. The van der Waals surface area contributed by atoms with Gasteiger partial charge in [0, 0.05) is 32.1 Å². The van der Waals surface area contributed by atoms with Gasteiger partial charge in [-0.2, -0.15) is 0 Å². The summed E-state index contributed by atoms with van der Waals surface area (Å²) in [5.41, 5.74) is 7.21. The Morgan fingerprint density at radius 1 is 1.38 bits per heavy atom. The Balaban J connectivity index is 1.84. The van der Waals surface area contributed by atoms with E-state index in [4.69, 9.17) is 10.5 Å². The van der Waals surface area contributed by atoms with Crippen LogP contribution in [0.3, 0.4) is 0 Å². The van der Waals surface area contributed by atoms with Crippen LogP contribution < -0.4 is 21.3 Å². The Morgan fingerprint density at radius 2 is 2.08 bits per heavy atom. The second-order valence-corrected chi connectivity index (χ2v) is 8.02. The van der Waals surface area contributed by atoms with Gasteiger partial charge in [-0.25, -0.2) is 4.98 Å². The van der Waals surface area contributed by atoms with Gasteiger partial charge in [-0.05, 0) is 18.9 Å². The largest absolute Gasteiger partial charge is 0.396 e. The Kier molecular flexibility index (Phi) is 5.55. The van der Waals surface area contributed by atoms with Crippen molar-refractivity contribution < 1.29 is 9.53 Å². The topological polar surface area (TPSA) is 92.5 Å². The van der Waals surface area contributed by atoms with Crippen molar-refractivity contribution in [2.75, 3.05) is 49.8 Å². The van der Waals surface area contributed by atoms with E-state index >= 15 is 0 Å². The number of ether oxygens (including phenoxy) is 1. The zero-order chi connectivity index (χ0) is 18.7. The molecule has 0 bridgehead atoms. The molecule has 1 amide bonds. The molecular weight excluding hydrogens is 330 g/mol. The number of nitrogens with two attached hydrogens (primary N) is 1. The van der Waals surface area contributed by atoms with Gasteiger partial charge in [0.05, 0.1) is 24.5 Å². The van der Waals surface area contributed by atoms with Crippen LogP contribution in [-0.4, -0.2) is 50.8 Å². The highest BCUT2D eigenvalue weighted by Crippen LogP contribution is 2.32. The van der Waals surface area contributed by atoms with Gasteiger partial charge in [0.15, 0.2) is 5.82 Å². The molecule has 2 heterocycles. The van der Waals surface area contributed by atoms with E-state index < -0.39 is 0 Å². The molecule has 144 valence electrons. The molecule has 7 heteroatoms. The Bertz CT molecular complexity index is 654. The molecule has 1 saturated carbocycles. The summed E-state index contributed by atoms with van der Waals surface area (Å²) in [4.78, 5) is 19.6. The van der Waals surface area contributed by atoms with Gasteiger partial charge in [-0.1, -0.05) is 26.2 Å². The third-order valence-electron chi connectivity index (χ3n) is 5.34. The summed E-state index contributed by atoms with van der Waals surface area (Å²) in [6.07, 6.45) is 5.70. The van der Waals surface area contributed by atoms with E-state index in [2.05, 4.69) is 22.5 Å². The molecule has 4 N–H and O–H groups in total. The summed E-state index contributed by atoms with van der Waals surface area (Å²) >= 11 is 0. The number of anilines is 3. The molecule has 1 aromatic heterocycles. The number of nitrogens with one attached hydrogen (secondary N) is 2. The van der Waals surface area contributed by atoms with Crippen LogP contribution in [0.4, 0.5) is 17.3 Å². The summed E-state index contributed by atoms with van der Waals surface area (Å²) in [7, 11) is 3.75. The minimum absolute atomic E-state index is 0.0874. The quantitative estimate of drug-likeness (QED) is 0.720. The van der Waals surface area contributed by atoms with Gasteiger partial charge < -0.3 is 26.0 Å². The molecule has 0 spiro atoms. The summed E-state index contributed by atoms with van der Waals surface area (Å²) in [5, 5.41) is 6.19. The van der Waals surface area contributed by atoms with E-state index in [-0.39, 0.29) is 17.4 Å². The lowest BCUT2D eigenvalue weighted by atomic mass is 9.88. The number of pyridine rings is 1. The maximum absolute atomic E-state index is 13.0. The third-order valence-corrected chi connectivity index (χ3v) is 5.34. The SMILES string of the molecule is CNc1nc(N(C)CC2(C)COC2)c(C(=O)NC2CCCCC2)cc1N. The molecule has 0 aromatic carbocycles. The van der Waals surface area contributed by atoms with Gasteiger partial charge >= 0.3 is 0 Å². The van der Waals surface area contributed by atoms with E-state index in [9.17, 15) is 4.79 Å². The lowest BCUT2D eigenvalue weighted by Crippen LogP contribution is -2.48. The molecule has 1 aromatic rings. The fraction of sp³-hybridized carbons (Fsp3) is 0.684. The normalized spacial score (nSPS) is 19.5. The molecule has 0 radical (unpaired) electrons. The number of carbonyl (C=O) groups excluding carboxylic acids is 1. The number of nitrogens with zero attached hydrogens (tertiary/aromatic N) is 2. The van der Waals surface area contributed by atoms with E-state index in [0.29, 0.717) is 22.9 Å². The fourth-order valence-corrected chi connectivity index (χ4v) is 3.88. The third kappa shape index (κ3) is 4.03. The van der Waals surface area contributed by atoms with Crippen molar-refractivity contribution in [2.24, 2.45) is 5.41 Å². The molecule has 3 rings (SSSR count). The predicted molar refractivity (Wildman–Crippen MR) is 105 cm³/mol. The number of aromatic nitrogens is 1. The maximum atomic E-state index is 13.0. The fourth-order valence-electron chi connectivity index (χ4n) is 3.88. The van der Waals surface area contributed by atoms with Gasteiger partial charge in [0.25, 0.3) is 5.91 Å². The van der Waals surface area contributed by atoms with Gasteiger partial charge in [-0.3, -0.25) is 4.79 Å². The Labute approximate surface area is 155 Å². The number of rotatable bonds is 6. The van der Waals surface area contributed by atoms with Crippen molar-refractivity contribution >= 4 is 23.2 Å². The van der Waals surface area contributed by atoms with Crippen molar-refractivity contribution in [3.8, 4) is 0 Å². The monoisotopic (exact) mass is 361 g/mol. The van der Waals surface area contributed by atoms with Crippen molar-refractivity contribution in [3.05, 3.63) is 11.6 Å². The zero-order valence-corrected chi connectivity index (χ0v) is 16.1. The first-order chi connectivity index (χ1) is 12.4. The smallest absolute Gasteiger partial charge is 0.255 e. The Hall–Kier alpha value is -2.02. The zero-order valence-electron chi connectivity index (χ0n) is 16.1. The molecule has 1 saturated heterocycles. The van der Waals surface area contributed by atoms with Crippen molar-refractivity contribution in [3.63, 3.8) is 0 Å². The molecule has 2 aliphatic rings. The summed E-state index contributed by atoms with van der Waals surface area (Å²) in [6.45, 7) is 4.42. The van der Waals surface area contributed by atoms with E-state index in [0.717, 1.165) is 32.6 Å². The lowest BCUT2D eigenvalue weighted by Gasteiger charge is -2.41. The molecular formula is C19H31N5O2. The van der Waals surface area contributed by atoms with Gasteiger partial charge in [0.2, 0.25) is 0 Å². The van der Waals surface area contributed by atoms with Crippen LogP contribution in [0.5, 0.6) is 0 Å². The molecule has 1 aliphatic carbocycles. The highest BCUT2D eigenvalue weighted by molar-refractivity contribution is 6.00. The average Bonchev–Trinajstić information content (AvgIpc) is 2.60. The number of carbonyl (C=O) groups is 1. The summed E-state index contributed by atoms with van der Waals surface area (Å²) < 4.78 is 5.36. The first-order valence-electron chi connectivity index (χ1n) is 9.50. The van der Waals surface area contributed by atoms with Gasteiger partial charge in [-0.15, -0.1) is 0 Å². The van der Waals surface area contributed by atoms with Crippen molar-refractivity contribution in [1.29, 1.82) is 0 Å². The maximum Gasteiger partial charge on any atom is 0.255 e. The highest BCUT2D eigenvalue weighted by Gasteiger charge is 2.35. The number of nitrogen functional groups attached to an aromatic ring is 1. The van der Waals surface area contributed by atoms with E-state index in [1.807, 2.05) is 11.9 Å². The molecule has 2 fully saturated rings. The van der Waals surface area contributed by atoms with Crippen LogP contribution >= 0.6 is 0 Å². The second kappa shape index (κ2) is 7.70. The second-order valence-electron chi connectivity index (χ2n) is 8.02. The van der Waals surface area contributed by atoms with E-state index in [1.54, 1.807) is 13.1 Å². The minimum atomic E-state index is -0.0874. The standard InChI is InChI=1S/C19H31N5O2/c1-19(11-26-12-19)10-24(3)17-14(9-15(20)16(21-2)23-17)18(25)22-13-7-5-4-6-8-13/h9,13H,4-8,10-12,20H2,1-3H3,(H,21,23)(H,22,25). The van der Waals surface area contributed by atoms with Crippen LogP contribution in [0.1, 0.15) is 49.4 Å². The first-order valence-corrected chi connectivity index (χ1v) is 9.50. The van der Waals surface area contributed by atoms with Gasteiger partial charge in [0.1, 0.15) is 5.82 Å². The Morgan fingerprint density at radius 3 is 2.65 bits per heavy atom. The molecule has 26 heavy (non-hydrogen) atoms. The summed E-state index contributed by atoms with van der Waals surface area (Å²) in [5.74, 6) is 1.16. The van der Waals surface area contributed by atoms with Crippen LogP contribution in [-0.2, 0) is 4.74 Å². The molecule has 7 nitrogen and oxygen atoms in total. The number of amides is 1. The molecule has 1 aliphatic heterocycles. The first kappa shape index (κ1) is 18.8. The molecule has 0 unspecified atom stereocenters. The number of hydrogen-bond acceptors (Lipinski definition) is 6. The highest BCUT2D eigenvalue weighted by atomic mass is 16.5. The van der Waals surface area contributed by atoms with E-state index in [1.165, 1.54) is 19.3 Å². The van der Waals surface area contributed by atoms with Crippen molar-refractivity contribution in [2.45, 2.75) is 45.1 Å². The summed E-state index contributed by atoms with van der Waals surface area (Å²) in [6, 6.07) is 1.99. The van der Waals surface area contributed by atoms with Crippen molar-refractivity contribution in [1.82, 2.24) is 10.3 Å². The van der Waals surface area contributed by atoms with Crippen LogP contribution in [0, 0.1) is 5.41 Å². The van der Waals surface area contributed by atoms with Crippen LogP contribution in [0.15, 0.2) is 6.07 Å². The number of hydrogen-bond donors (Lipinski definition) is 3. The lowest BCUT2D eigenvalue weighted by molar-refractivity contribution is -0.0952. The average molecular weight is 361 g/mol. The van der Waals surface area contributed by atoms with Crippen LogP contribution in [0.25, 0.3) is 0 Å². The van der Waals surface area contributed by atoms with Crippen LogP contribution in [0.2, 0.25) is 0 Å². The minimum Gasteiger partial charge on any atom is -0.396 e. The molecule has 0 atom stereocenters.